The number of para-hydroxylation sites is 1. The van der Waals surface area contributed by atoms with E-state index in [-0.39, 0.29) is 0 Å². The molecule has 0 heterocycles. The van der Waals surface area contributed by atoms with Gasteiger partial charge in [0, 0.05) is 0 Å². The van der Waals surface area contributed by atoms with E-state index >= 15 is 0 Å². The Morgan fingerprint density at radius 1 is 1.33 bits per heavy atom. The van der Waals surface area contributed by atoms with E-state index in [1.165, 1.54) is 0 Å². The van der Waals surface area contributed by atoms with E-state index in [4.69, 9.17) is 16.3 Å². The van der Waals surface area contributed by atoms with Crippen molar-refractivity contribution < 1.29 is 14.6 Å². The van der Waals surface area contributed by atoms with Gasteiger partial charge in [0.25, 0.3) is 0 Å². The molecule has 0 unspecified atom stereocenters. The van der Waals surface area contributed by atoms with Crippen LogP contribution in [0, 0.1) is 5.41 Å². The Morgan fingerprint density at radius 3 is 2.44 bits per heavy atom. The van der Waals surface area contributed by atoms with Crippen LogP contribution in [0.2, 0.25) is 5.02 Å². The number of aliphatic carboxylic acids is 1. The molecule has 0 amide bonds. The van der Waals surface area contributed by atoms with Crippen molar-refractivity contribution in [3.05, 3.63) is 29.3 Å². The summed E-state index contributed by atoms with van der Waals surface area (Å²) in [4.78, 5) is 11.3. The Labute approximate surface area is 113 Å². The number of rotatable bonds is 7. The summed E-state index contributed by atoms with van der Waals surface area (Å²) in [6.45, 7) is 4.15. The molecular weight excluding hydrogens is 252 g/mol. The second-order valence-electron chi connectivity index (χ2n) is 4.32. The SMILES string of the molecule is CCC(CC)(CCOc1ccccc1Cl)C(=O)O. The van der Waals surface area contributed by atoms with Crippen molar-refractivity contribution in [3.8, 4) is 5.75 Å². The Bertz CT molecular complexity index is 400. The number of ether oxygens (including phenoxy) is 1. The molecule has 18 heavy (non-hydrogen) atoms. The van der Waals surface area contributed by atoms with Crippen molar-refractivity contribution in [2.75, 3.05) is 6.61 Å². The topological polar surface area (TPSA) is 46.5 Å². The average molecular weight is 271 g/mol. The van der Waals surface area contributed by atoms with Crippen LogP contribution in [-0.4, -0.2) is 17.7 Å². The van der Waals surface area contributed by atoms with Gasteiger partial charge in [-0.3, -0.25) is 4.79 Å². The third-order valence-electron chi connectivity index (χ3n) is 3.48. The number of halogens is 1. The molecule has 0 atom stereocenters. The first-order valence-corrected chi connectivity index (χ1v) is 6.54. The van der Waals surface area contributed by atoms with E-state index in [2.05, 4.69) is 0 Å². The molecule has 1 aromatic rings. The van der Waals surface area contributed by atoms with Crippen LogP contribution in [0.4, 0.5) is 0 Å². The normalized spacial score (nSPS) is 11.3. The highest BCUT2D eigenvalue weighted by atomic mass is 35.5. The molecular formula is C14H19ClO3. The van der Waals surface area contributed by atoms with E-state index in [0.29, 0.717) is 36.6 Å². The number of carboxylic acids is 1. The van der Waals surface area contributed by atoms with Gasteiger partial charge in [0.2, 0.25) is 0 Å². The molecule has 0 fully saturated rings. The first-order valence-electron chi connectivity index (χ1n) is 6.16. The van der Waals surface area contributed by atoms with Gasteiger partial charge in [-0.2, -0.15) is 0 Å². The monoisotopic (exact) mass is 270 g/mol. The summed E-state index contributed by atoms with van der Waals surface area (Å²) in [6, 6.07) is 7.20. The van der Waals surface area contributed by atoms with Crippen molar-refractivity contribution in [1.29, 1.82) is 0 Å². The van der Waals surface area contributed by atoms with Crippen LogP contribution in [0.1, 0.15) is 33.1 Å². The van der Waals surface area contributed by atoms with Crippen LogP contribution < -0.4 is 4.74 Å². The van der Waals surface area contributed by atoms with Gasteiger partial charge in [-0.25, -0.2) is 0 Å². The van der Waals surface area contributed by atoms with Gasteiger partial charge in [-0.05, 0) is 31.4 Å². The van der Waals surface area contributed by atoms with Gasteiger partial charge in [0.05, 0.1) is 17.0 Å². The molecule has 0 saturated heterocycles. The van der Waals surface area contributed by atoms with Gasteiger partial charge in [-0.15, -0.1) is 0 Å². The maximum Gasteiger partial charge on any atom is 0.309 e. The van der Waals surface area contributed by atoms with E-state index < -0.39 is 11.4 Å². The van der Waals surface area contributed by atoms with Crippen LogP contribution in [0.15, 0.2) is 24.3 Å². The molecule has 0 aromatic heterocycles. The van der Waals surface area contributed by atoms with Crippen LogP contribution in [0.3, 0.4) is 0 Å². The summed E-state index contributed by atoms with van der Waals surface area (Å²) in [5.41, 5.74) is -0.693. The van der Waals surface area contributed by atoms with Gasteiger partial charge >= 0.3 is 5.97 Å². The van der Waals surface area contributed by atoms with Gasteiger partial charge < -0.3 is 9.84 Å². The molecule has 1 N–H and O–H groups in total. The summed E-state index contributed by atoms with van der Waals surface area (Å²) in [5.74, 6) is -0.152. The number of hydrogen-bond acceptors (Lipinski definition) is 2. The zero-order valence-corrected chi connectivity index (χ0v) is 11.5. The van der Waals surface area contributed by atoms with Gasteiger partial charge in [0.15, 0.2) is 0 Å². The maximum absolute atomic E-state index is 11.3. The minimum Gasteiger partial charge on any atom is -0.492 e. The average Bonchev–Trinajstić information content (AvgIpc) is 2.37. The minimum atomic E-state index is -0.754. The second-order valence-corrected chi connectivity index (χ2v) is 4.73. The Hall–Kier alpha value is -1.22. The highest BCUT2D eigenvalue weighted by molar-refractivity contribution is 6.32. The zero-order valence-electron chi connectivity index (χ0n) is 10.8. The lowest BCUT2D eigenvalue weighted by Gasteiger charge is -2.26. The molecule has 0 aliphatic carbocycles. The van der Waals surface area contributed by atoms with E-state index in [0.717, 1.165) is 0 Å². The Kier molecular flexibility index (Phi) is 5.48. The molecule has 100 valence electrons. The van der Waals surface area contributed by atoms with Crippen molar-refractivity contribution in [2.24, 2.45) is 5.41 Å². The Morgan fingerprint density at radius 2 is 1.94 bits per heavy atom. The summed E-state index contributed by atoms with van der Waals surface area (Å²) in [5, 5.41) is 9.84. The molecule has 0 radical (unpaired) electrons. The minimum absolute atomic E-state index is 0.359. The van der Waals surface area contributed by atoms with E-state index in [9.17, 15) is 9.90 Å². The molecule has 1 rings (SSSR count). The molecule has 1 aromatic carbocycles. The zero-order chi connectivity index (χ0) is 13.6. The standard InChI is InChI=1S/C14H19ClO3/c1-3-14(4-2,13(16)17)9-10-18-12-8-6-5-7-11(12)15/h5-8H,3-4,9-10H2,1-2H3,(H,16,17). The van der Waals surface area contributed by atoms with Gasteiger partial charge in [-0.1, -0.05) is 37.6 Å². The van der Waals surface area contributed by atoms with Crippen molar-refractivity contribution in [1.82, 2.24) is 0 Å². The summed E-state index contributed by atoms with van der Waals surface area (Å²) < 4.78 is 5.55. The largest absolute Gasteiger partial charge is 0.492 e. The fraction of sp³-hybridized carbons (Fsp3) is 0.500. The predicted octanol–water partition coefficient (Wildman–Crippen LogP) is 4.00. The molecule has 3 nitrogen and oxygen atoms in total. The number of hydrogen-bond donors (Lipinski definition) is 1. The maximum atomic E-state index is 11.3. The van der Waals surface area contributed by atoms with Crippen LogP contribution in [0.5, 0.6) is 5.75 Å². The summed E-state index contributed by atoms with van der Waals surface area (Å²) in [6.07, 6.45) is 1.69. The van der Waals surface area contributed by atoms with Crippen molar-refractivity contribution in [2.45, 2.75) is 33.1 Å². The molecule has 0 saturated carbocycles. The summed E-state index contributed by atoms with van der Waals surface area (Å²) >= 11 is 5.96. The molecule has 4 heteroatoms. The van der Waals surface area contributed by atoms with Crippen LogP contribution in [-0.2, 0) is 4.79 Å². The summed E-state index contributed by atoms with van der Waals surface area (Å²) in [7, 11) is 0. The van der Waals surface area contributed by atoms with Crippen LogP contribution in [0.25, 0.3) is 0 Å². The quantitative estimate of drug-likeness (QED) is 0.815. The highest BCUT2D eigenvalue weighted by Crippen LogP contribution is 2.32. The lowest BCUT2D eigenvalue weighted by atomic mass is 9.79. The van der Waals surface area contributed by atoms with Gasteiger partial charge in [0.1, 0.15) is 5.75 Å². The lowest BCUT2D eigenvalue weighted by molar-refractivity contribution is -0.150. The predicted molar refractivity (Wildman–Crippen MR) is 72.2 cm³/mol. The van der Waals surface area contributed by atoms with Crippen molar-refractivity contribution >= 4 is 17.6 Å². The first kappa shape index (κ1) is 14.8. The number of benzene rings is 1. The fourth-order valence-electron chi connectivity index (χ4n) is 1.93. The molecule has 0 aliphatic heterocycles. The first-order chi connectivity index (χ1) is 8.55. The fourth-order valence-corrected chi connectivity index (χ4v) is 2.12. The smallest absolute Gasteiger partial charge is 0.309 e. The number of carboxylic acid groups (broad SMARTS) is 1. The third-order valence-corrected chi connectivity index (χ3v) is 3.79. The highest BCUT2D eigenvalue weighted by Gasteiger charge is 2.34. The Balaban J connectivity index is 2.60. The van der Waals surface area contributed by atoms with Crippen molar-refractivity contribution in [3.63, 3.8) is 0 Å². The third kappa shape index (κ3) is 3.39. The second kappa shape index (κ2) is 6.64. The van der Waals surface area contributed by atoms with E-state index in [1.54, 1.807) is 12.1 Å². The van der Waals surface area contributed by atoms with Crippen LogP contribution >= 0.6 is 11.6 Å². The molecule has 0 bridgehead atoms. The molecule has 0 aliphatic rings. The molecule has 0 spiro atoms. The number of carbonyl (C=O) groups is 1. The lowest BCUT2D eigenvalue weighted by Crippen LogP contribution is -2.31. The van der Waals surface area contributed by atoms with E-state index in [1.807, 2.05) is 26.0 Å².